The molecule has 1 aromatic carbocycles. The van der Waals surface area contributed by atoms with Crippen molar-refractivity contribution in [2.24, 2.45) is 5.41 Å². The van der Waals surface area contributed by atoms with Crippen LogP contribution in [0.25, 0.3) is 11.4 Å². The predicted molar refractivity (Wildman–Crippen MR) is 129 cm³/mol. The molecule has 2 aliphatic rings. The Balaban J connectivity index is 1.56. The lowest BCUT2D eigenvalue weighted by atomic mass is 9.62. The highest BCUT2D eigenvalue weighted by atomic mass is 16.5. The largest absolute Gasteiger partial charge is 0.380 e. The fourth-order valence-corrected chi connectivity index (χ4v) is 5.81. The van der Waals surface area contributed by atoms with Crippen LogP contribution in [0.2, 0.25) is 0 Å². The molecule has 2 fully saturated rings. The van der Waals surface area contributed by atoms with Crippen molar-refractivity contribution < 1.29 is 14.7 Å². The van der Waals surface area contributed by atoms with Gasteiger partial charge in [0.2, 0.25) is 5.82 Å². The number of aromatic nitrogens is 3. The molecule has 1 atom stereocenters. The molecule has 34 heavy (non-hydrogen) atoms. The molecule has 0 amide bonds. The van der Waals surface area contributed by atoms with E-state index in [0.29, 0.717) is 35.7 Å². The minimum Gasteiger partial charge on any atom is -0.380 e. The van der Waals surface area contributed by atoms with Crippen molar-refractivity contribution >= 4 is 0 Å². The Labute approximate surface area is 200 Å². The van der Waals surface area contributed by atoms with Gasteiger partial charge >= 0.3 is 0 Å². The van der Waals surface area contributed by atoms with E-state index in [1.807, 2.05) is 18.2 Å². The lowest BCUT2D eigenvalue weighted by Gasteiger charge is -2.55. The van der Waals surface area contributed by atoms with E-state index in [9.17, 15) is 10.2 Å². The molecular formula is C27H34N4O3. The Hall–Kier alpha value is -2.61. The minimum atomic E-state index is -1.24. The fraction of sp³-hybridized carbons (Fsp3) is 0.519. The zero-order valence-corrected chi connectivity index (χ0v) is 20.5. The van der Waals surface area contributed by atoms with Gasteiger partial charge in [0.1, 0.15) is 11.2 Å². The van der Waals surface area contributed by atoms with E-state index in [4.69, 9.17) is 4.52 Å². The molecule has 3 aromatic rings. The molecule has 2 aromatic heterocycles. The van der Waals surface area contributed by atoms with Crippen molar-refractivity contribution in [1.29, 1.82) is 0 Å². The molecule has 3 heterocycles. The summed E-state index contributed by atoms with van der Waals surface area (Å²) in [6, 6.07) is 10.2. The predicted octanol–water partition coefficient (Wildman–Crippen LogP) is 4.20. The van der Waals surface area contributed by atoms with Gasteiger partial charge < -0.3 is 19.6 Å². The molecule has 0 unspecified atom stereocenters. The smallest absolute Gasteiger partial charge is 0.258 e. The van der Waals surface area contributed by atoms with E-state index in [1.165, 1.54) is 5.56 Å². The van der Waals surface area contributed by atoms with Crippen molar-refractivity contribution in [3.05, 3.63) is 65.3 Å². The van der Waals surface area contributed by atoms with Crippen LogP contribution >= 0.6 is 0 Å². The third-order valence-corrected chi connectivity index (χ3v) is 7.78. The number of benzene rings is 1. The number of pyridine rings is 1. The zero-order valence-electron chi connectivity index (χ0n) is 20.5. The average molecular weight is 463 g/mol. The van der Waals surface area contributed by atoms with Gasteiger partial charge in [-0.25, -0.2) is 0 Å². The van der Waals surface area contributed by atoms with Crippen LogP contribution < -0.4 is 0 Å². The van der Waals surface area contributed by atoms with Crippen molar-refractivity contribution in [2.75, 3.05) is 20.1 Å². The second-order valence-corrected chi connectivity index (χ2v) is 10.8. The van der Waals surface area contributed by atoms with Crippen LogP contribution in [-0.4, -0.2) is 50.4 Å². The number of likely N-dealkylation sites (tertiary alicyclic amines) is 1. The van der Waals surface area contributed by atoms with Gasteiger partial charge in [-0.15, -0.1) is 0 Å². The van der Waals surface area contributed by atoms with Crippen LogP contribution in [-0.2, 0) is 11.2 Å². The Kier molecular flexibility index (Phi) is 5.62. The molecule has 7 nitrogen and oxygen atoms in total. The van der Waals surface area contributed by atoms with E-state index in [0.717, 1.165) is 31.5 Å². The monoisotopic (exact) mass is 462 g/mol. The molecule has 180 valence electrons. The molecule has 7 heteroatoms. The molecular weight excluding hydrogens is 428 g/mol. The van der Waals surface area contributed by atoms with Crippen LogP contribution in [0.3, 0.4) is 0 Å². The lowest BCUT2D eigenvalue weighted by Crippen LogP contribution is -2.63. The molecule has 5 rings (SSSR count). The van der Waals surface area contributed by atoms with Crippen molar-refractivity contribution in [1.82, 2.24) is 20.0 Å². The quantitative estimate of drug-likeness (QED) is 0.567. The number of hydrogen-bond donors (Lipinski definition) is 2. The maximum absolute atomic E-state index is 12.4. The molecule has 2 N–H and O–H groups in total. The third kappa shape index (κ3) is 3.67. The van der Waals surface area contributed by atoms with Gasteiger partial charge in [0.25, 0.3) is 5.89 Å². The average Bonchev–Trinajstić information content (AvgIpc) is 3.48. The molecule has 1 aliphatic heterocycles. The number of rotatable bonds is 6. The van der Waals surface area contributed by atoms with Gasteiger partial charge in [0, 0.05) is 42.0 Å². The Morgan fingerprint density at radius 2 is 1.74 bits per heavy atom. The van der Waals surface area contributed by atoms with E-state index >= 15 is 0 Å². The van der Waals surface area contributed by atoms with Gasteiger partial charge in [0.05, 0.1) is 0 Å². The van der Waals surface area contributed by atoms with E-state index in [1.54, 1.807) is 12.4 Å². The van der Waals surface area contributed by atoms with Crippen molar-refractivity contribution in [3.8, 4) is 11.4 Å². The van der Waals surface area contributed by atoms with E-state index < -0.39 is 11.2 Å². The standard InChI is InChI=1S/C27H34N4O3/c1-18(2)19-7-9-21(10-8-19)27(33,25(3)16-31(4)17-25)22-13-20(14-28-15-22)23-29-24(34-30-23)26(32)11-5-6-12-26/h7-10,13-15,18,32-33H,5-6,11-12,16-17H2,1-4H3/t27-/m0/s1. The first-order valence-corrected chi connectivity index (χ1v) is 12.2. The van der Waals surface area contributed by atoms with Crippen LogP contribution in [0, 0.1) is 5.41 Å². The van der Waals surface area contributed by atoms with Crippen molar-refractivity contribution in [3.63, 3.8) is 0 Å². The second-order valence-electron chi connectivity index (χ2n) is 10.8. The van der Waals surface area contributed by atoms with Gasteiger partial charge in [-0.05, 0) is 55.8 Å². The Morgan fingerprint density at radius 3 is 2.35 bits per heavy atom. The van der Waals surface area contributed by atoms with Crippen LogP contribution in [0.4, 0.5) is 0 Å². The third-order valence-electron chi connectivity index (χ3n) is 7.78. The van der Waals surface area contributed by atoms with Crippen LogP contribution in [0.15, 0.2) is 47.2 Å². The Morgan fingerprint density at radius 1 is 1.06 bits per heavy atom. The highest BCUT2D eigenvalue weighted by Gasteiger charge is 2.55. The van der Waals surface area contributed by atoms with Gasteiger partial charge in [-0.1, -0.05) is 50.2 Å². The fourth-order valence-electron chi connectivity index (χ4n) is 5.81. The summed E-state index contributed by atoms with van der Waals surface area (Å²) < 4.78 is 5.46. The normalized spacial score (nSPS) is 21.4. The van der Waals surface area contributed by atoms with Crippen molar-refractivity contribution in [2.45, 2.75) is 63.6 Å². The van der Waals surface area contributed by atoms with Crippen LogP contribution in [0.1, 0.15) is 75.0 Å². The number of hydrogen-bond acceptors (Lipinski definition) is 7. The first-order chi connectivity index (χ1) is 16.1. The molecule has 1 aliphatic carbocycles. The summed E-state index contributed by atoms with van der Waals surface area (Å²) in [5, 5.41) is 27.4. The maximum Gasteiger partial charge on any atom is 0.258 e. The van der Waals surface area contributed by atoms with E-state index in [2.05, 4.69) is 60.0 Å². The zero-order chi connectivity index (χ0) is 24.1. The molecule has 0 radical (unpaired) electrons. The van der Waals surface area contributed by atoms with Gasteiger partial charge in [0.15, 0.2) is 0 Å². The highest BCUT2D eigenvalue weighted by molar-refractivity contribution is 5.56. The summed E-state index contributed by atoms with van der Waals surface area (Å²) in [7, 11) is 2.06. The highest BCUT2D eigenvalue weighted by Crippen LogP contribution is 2.50. The summed E-state index contributed by atoms with van der Waals surface area (Å²) in [4.78, 5) is 11.2. The molecule has 1 saturated carbocycles. The molecule has 0 bridgehead atoms. The van der Waals surface area contributed by atoms with Gasteiger partial charge in [-0.3, -0.25) is 4.98 Å². The van der Waals surface area contributed by atoms with Crippen LogP contribution in [0.5, 0.6) is 0 Å². The Bertz CT molecular complexity index is 1160. The number of nitrogens with zero attached hydrogens (tertiary/aromatic N) is 4. The first-order valence-electron chi connectivity index (χ1n) is 12.2. The summed E-state index contributed by atoms with van der Waals surface area (Å²) >= 11 is 0. The summed E-state index contributed by atoms with van der Waals surface area (Å²) in [5.74, 6) is 1.05. The lowest BCUT2D eigenvalue weighted by molar-refractivity contribution is -0.127. The topological polar surface area (TPSA) is 95.5 Å². The maximum atomic E-state index is 12.4. The number of aliphatic hydroxyl groups is 2. The molecule has 0 spiro atoms. The minimum absolute atomic E-state index is 0.262. The second kappa shape index (κ2) is 8.26. The van der Waals surface area contributed by atoms with Gasteiger partial charge in [-0.2, -0.15) is 4.98 Å². The summed E-state index contributed by atoms with van der Waals surface area (Å²) in [6.07, 6.45) is 6.56. The molecule has 1 saturated heterocycles. The summed E-state index contributed by atoms with van der Waals surface area (Å²) in [5.41, 5.74) is 0.765. The first kappa shape index (κ1) is 23.1. The van der Waals surface area contributed by atoms with E-state index in [-0.39, 0.29) is 11.3 Å². The summed E-state index contributed by atoms with van der Waals surface area (Å²) in [6.45, 7) is 7.98. The SMILES string of the molecule is CC(C)c1ccc([C@](O)(c2cncc(-c3noc(C4(O)CCCC4)n3)c2)C2(C)CN(C)C2)cc1.